The molecule has 0 aromatic heterocycles. The number of hydrogen-bond donors (Lipinski definition) is 1. The van der Waals surface area contributed by atoms with Crippen LogP contribution < -0.4 is 14.8 Å². The van der Waals surface area contributed by atoms with E-state index in [-0.39, 0.29) is 11.9 Å². The molecular weight excluding hydrogens is 302 g/mol. The van der Waals surface area contributed by atoms with Gasteiger partial charge in [0.25, 0.3) is 5.91 Å². The molecule has 0 bridgehead atoms. The molecule has 0 radical (unpaired) electrons. The molecule has 0 unspecified atom stereocenters. The molecule has 0 spiro atoms. The van der Waals surface area contributed by atoms with E-state index in [0.717, 1.165) is 29.0 Å². The van der Waals surface area contributed by atoms with Crippen molar-refractivity contribution in [3.63, 3.8) is 0 Å². The van der Waals surface area contributed by atoms with Gasteiger partial charge in [0.1, 0.15) is 11.5 Å². The Labute approximate surface area is 143 Å². The Balaban J connectivity index is 2.03. The van der Waals surface area contributed by atoms with Gasteiger partial charge in [-0.3, -0.25) is 4.79 Å². The number of methoxy groups -OCH3 is 1. The maximum Gasteiger partial charge on any atom is 0.261 e. The van der Waals surface area contributed by atoms with Gasteiger partial charge in [0, 0.05) is 5.56 Å². The van der Waals surface area contributed by atoms with Crippen LogP contribution >= 0.6 is 0 Å². The lowest BCUT2D eigenvalue weighted by Gasteiger charge is -2.21. The number of carbonyl (C=O) groups is 1. The number of nitrogens with one attached hydrogen (secondary N) is 1. The standard InChI is InChI=1S/C20H25NO3/c1-5-16-10-6-8-12-18(16)24-15(3)20(22)21-14(2)17-11-7-9-13-19(17)23-4/h6-15H,5H2,1-4H3,(H,21,22)/t14-,15+/m1/s1. The predicted octanol–water partition coefficient (Wildman–Crippen LogP) is 3.90. The van der Waals surface area contributed by atoms with E-state index in [0.29, 0.717) is 0 Å². The lowest BCUT2D eigenvalue weighted by molar-refractivity contribution is -0.127. The van der Waals surface area contributed by atoms with E-state index in [4.69, 9.17) is 9.47 Å². The average Bonchev–Trinajstić information content (AvgIpc) is 2.61. The zero-order chi connectivity index (χ0) is 17.5. The van der Waals surface area contributed by atoms with E-state index in [1.54, 1.807) is 14.0 Å². The molecule has 0 aliphatic rings. The van der Waals surface area contributed by atoms with Crippen molar-refractivity contribution >= 4 is 5.91 Å². The average molecular weight is 327 g/mol. The molecule has 0 saturated carbocycles. The van der Waals surface area contributed by atoms with Gasteiger partial charge in [-0.2, -0.15) is 0 Å². The Morgan fingerprint density at radius 2 is 1.67 bits per heavy atom. The lowest BCUT2D eigenvalue weighted by atomic mass is 10.1. The number of rotatable bonds is 7. The van der Waals surface area contributed by atoms with Gasteiger partial charge in [-0.15, -0.1) is 0 Å². The van der Waals surface area contributed by atoms with Crippen LogP contribution in [0, 0.1) is 0 Å². The number of carbonyl (C=O) groups excluding carboxylic acids is 1. The highest BCUT2D eigenvalue weighted by Gasteiger charge is 2.20. The van der Waals surface area contributed by atoms with Crippen LogP contribution in [-0.2, 0) is 11.2 Å². The van der Waals surface area contributed by atoms with E-state index in [2.05, 4.69) is 12.2 Å². The minimum atomic E-state index is -0.574. The fourth-order valence-corrected chi connectivity index (χ4v) is 2.59. The summed E-state index contributed by atoms with van der Waals surface area (Å²) >= 11 is 0. The first-order chi connectivity index (χ1) is 11.6. The highest BCUT2D eigenvalue weighted by molar-refractivity contribution is 5.81. The van der Waals surface area contributed by atoms with Crippen molar-refractivity contribution in [2.75, 3.05) is 7.11 Å². The van der Waals surface area contributed by atoms with Gasteiger partial charge >= 0.3 is 0 Å². The predicted molar refractivity (Wildman–Crippen MR) is 95.5 cm³/mol. The molecule has 2 atom stereocenters. The van der Waals surface area contributed by atoms with Gasteiger partial charge in [0.2, 0.25) is 0 Å². The molecule has 2 aromatic carbocycles. The van der Waals surface area contributed by atoms with Crippen LogP contribution in [0.3, 0.4) is 0 Å². The molecule has 4 nitrogen and oxygen atoms in total. The number of hydrogen-bond acceptors (Lipinski definition) is 3. The van der Waals surface area contributed by atoms with Crippen molar-refractivity contribution in [1.82, 2.24) is 5.32 Å². The van der Waals surface area contributed by atoms with E-state index in [1.807, 2.05) is 55.5 Å². The van der Waals surface area contributed by atoms with Crippen LogP contribution in [0.2, 0.25) is 0 Å². The largest absolute Gasteiger partial charge is 0.496 e. The van der Waals surface area contributed by atoms with Crippen molar-refractivity contribution in [2.45, 2.75) is 39.3 Å². The maximum absolute atomic E-state index is 12.5. The molecule has 0 aliphatic heterocycles. The van der Waals surface area contributed by atoms with Gasteiger partial charge in [-0.25, -0.2) is 0 Å². The van der Waals surface area contributed by atoms with E-state index < -0.39 is 6.10 Å². The first kappa shape index (κ1) is 17.9. The topological polar surface area (TPSA) is 47.6 Å². The van der Waals surface area contributed by atoms with Crippen LogP contribution in [-0.4, -0.2) is 19.1 Å². The van der Waals surface area contributed by atoms with Crippen molar-refractivity contribution in [2.24, 2.45) is 0 Å². The number of ether oxygens (including phenoxy) is 2. The Hall–Kier alpha value is -2.49. The van der Waals surface area contributed by atoms with Gasteiger partial charge in [-0.1, -0.05) is 43.3 Å². The van der Waals surface area contributed by atoms with E-state index >= 15 is 0 Å². The molecule has 24 heavy (non-hydrogen) atoms. The smallest absolute Gasteiger partial charge is 0.261 e. The number of para-hydroxylation sites is 2. The van der Waals surface area contributed by atoms with Crippen LogP contribution in [0.25, 0.3) is 0 Å². The Kier molecular flexibility index (Phi) is 6.24. The normalized spacial score (nSPS) is 13.0. The Morgan fingerprint density at radius 3 is 2.33 bits per heavy atom. The second-order valence-electron chi connectivity index (χ2n) is 5.69. The van der Waals surface area contributed by atoms with E-state index in [1.165, 1.54) is 0 Å². The van der Waals surface area contributed by atoms with Crippen molar-refractivity contribution in [1.29, 1.82) is 0 Å². The SMILES string of the molecule is CCc1ccccc1O[C@@H](C)C(=O)N[C@H](C)c1ccccc1OC. The summed E-state index contributed by atoms with van der Waals surface area (Å²) in [4.78, 5) is 12.5. The molecule has 0 heterocycles. The summed E-state index contributed by atoms with van der Waals surface area (Å²) in [5.41, 5.74) is 2.03. The molecule has 1 amide bonds. The number of aryl methyl sites for hydroxylation is 1. The first-order valence-corrected chi connectivity index (χ1v) is 8.24. The van der Waals surface area contributed by atoms with Crippen LogP contribution in [0.1, 0.15) is 37.9 Å². The summed E-state index contributed by atoms with van der Waals surface area (Å²) in [7, 11) is 1.63. The second kappa shape index (κ2) is 8.39. The fourth-order valence-electron chi connectivity index (χ4n) is 2.59. The third-order valence-corrected chi connectivity index (χ3v) is 3.99. The third kappa shape index (κ3) is 4.28. The summed E-state index contributed by atoms with van der Waals surface area (Å²) in [5.74, 6) is 1.36. The summed E-state index contributed by atoms with van der Waals surface area (Å²) < 4.78 is 11.2. The molecule has 2 rings (SSSR count). The molecule has 0 saturated heterocycles. The minimum Gasteiger partial charge on any atom is -0.496 e. The van der Waals surface area contributed by atoms with Gasteiger partial charge in [0.15, 0.2) is 6.10 Å². The second-order valence-corrected chi connectivity index (χ2v) is 5.69. The molecule has 2 aromatic rings. The zero-order valence-corrected chi connectivity index (χ0v) is 14.7. The third-order valence-electron chi connectivity index (χ3n) is 3.99. The summed E-state index contributed by atoms with van der Waals surface area (Å²) in [6, 6.07) is 15.3. The van der Waals surface area contributed by atoms with Gasteiger partial charge in [0.05, 0.1) is 13.2 Å². The Bertz CT molecular complexity index is 684. The lowest BCUT2D eigenvalue weighted by Crippen LogP contribution is -2.38. The molecule has 0 fully saturated rings. The van der Waals surface area contributed by atoms with Crippen molar-refractivity contribution in [3.05, 3.63) is 59.7 Å². The molecular formula is C20H25NO3. The monoisotopic (exact) mass is 327 g/mol. The highest BCUT2D eigenvalue weighted by Crippen LogP contribution is 2.25. The maximum atomic E-state index is 12.5. The van der Waals surface area contributed by atoms with Gasteiger partial charge < -0.3 is 14.8 Å². The quantitative estimate of drug-likeness (QED) is 0.839. The molecule has 0 aliphatic carbocycles. The Morgan fingerprint density at radius 1 is 1.04 bits per heavy atom. The summed E-state index contributed by atoms with van der Waals surface area (Å²) in [6.45, 7) is 5.76. The van der Waals surface area contributed by atoms with Crippen molar-refractivity contribution < 1.29 is 14.3 Å². The van der Waals surface area contributed by atoms with Gasteiger partial charge in [-0.05, 0) is 38.0 Å². The van der Waals surface area contributed by atoms with Crippen LogP contribution in [0.4, 0.5) is 0 Å². The summed E-state index contributed by atoms with van der Waals surface area (Å²) in [5, 5.41) is 2.98. The highest BCUT2D eigenvalue weighted by atomic mass is 16.5. The molecule has 128 valence electrons. The minimum absolute atomic E-state index is 0.153. The zero-order valence-electron chi connectivity index (χ0n) is 14.7. The summed E-state index contributed by atoms with van der Waals surface area (Å²) in [6.07, 6.45) is 0.289. The van der Waals surface area contributed by atoms with E-state index in [9.17, 15) is 4.79 Å². The van der Waals surface area contributed by atoms with Crippen LogP contribution in [0.15, 0.2) is 48.5 Å². The molecule has 1 N–H and O–H groups in total. The molecule has 4 heteroatoms. The number of amides is 1. The van der Waals surface area contributed by atoms with Crippen molar-refractivity contribution in [3.8, 4) is 11.5 Å². The number of benzene rings is 2. The fraction of sp³-hybridized carbons (Fsp3) is 0.350. The first-order valence-electron chi connectivity index (χ1n) is 8.24. The van der Waals surface area contributed by atoms with Crippen LogP contribution in [0.5, 0.6) is 11.5 Å².